The molecule has 0 spiro atoms. The van der Waals surface area contributed by atoms with Gasteiger partial charge in [-0.1, -0.05) is 6.92 Å². The van der Waals surface area contributed by atoms with Crippen molar-refractivity contribution in [3.05, 3.63) is 27.6 Å². The summed E-state index contributed by atoms with van der Waals surface area (Å²) < 4.78 is 3.61. The van der Waals surface area contributed by atoms with Crippen LogP contribution < -0.4 is 0 Å². The Morgan fingerprint density at radius 3 is 2.89 bits per heavy atom. The summed E-state index contributed by atoms with van der Waals surface area (Å²) in [6, 6.07) is 6.49. The molecule has 1 aliphatic carbocycles. The number of benzene rings is 1. The highest BCUT2D eigenvalue weighted by molar-refractivity contribution is 14.1. The third kappa shape index (κ3) is 2.39. The molecule has 1 fully saturated rings. The number of rotatable bonds is 4. The number of hydrogen-bond donors (Lipinski definition) is 0. The van der Waals surface area contributed by atoms with Crippen LogP contribution in [-0.2, 0) is 13.0 Å². The third-order valence-electron chi connectivity index (χ3n) is 3.75. The van der Waals surface area contributed by atoms with Gasteiger partial charge in [-0.2, -0.15) is 0 Å². The van der Waals surface area contributed by atoms with Crippen LogP contribution in [-0.4, -0.2) is 15.4 Å². The van der Waals surface area contributed by atoms with Crippen molar-refractivity contribution >= 4 is 45.2 Å². The van der Waals surface area contributed by atoms with Gasteiger partial charge in [-0.3, -0.25) is 0 Å². The zero-order chi connectivity index (χ0) is 12.8. The number of nitrogens with zero attached hydrogens (tertiary/aromatic N) is 2. The Morgan fingerprint density at radius 2 is 2.22 bits per heavy atom. The van der Waals surface area contributed by atoms with E-state index in [1.807, 2.05) is 0 Å². The Kier molecular flexibility index (Phi) is 3.30. The van der Waals surface area contributed by atoms with E-state index < -0.39 is 0 Å². The minimum atomic E-state index is 0.484. The predicted octanol–water partition coefficient (Wildman–Crippen LogP) is 4.22. The number of fused-ring (bicyclic) bond motifs is 1. The van der Waals surface area contributed by atoms with E-state index in [0.29, 0.717) is 11.3 Å². The lowest BCUT2D eigenvalue weighted by atomic mass is 10.1. The monoisotopic (exact) mass is 374 g/mol. The molecule has 1 saturated carbocycles. The fourth-order valence-corrected chi connectivity index (χ4v) is 3.00. The van der Waals surface area contributed by atoms with Gasteiger partial charge in [-0.25, -0.2) is 4.98 Å². The molecule has 0 unspecified atom stereocenters. The Hall–Kier alpha value is -0.290. The largest absolute Gasteiger partial charge is 0.327 e. The number of hydrogen-bond acceptors (Lipinski definition) is 1. The average molecular weight is 375 g/mol. The average Bonchev–Trinajstić information content (AvgIpc) is 2.96. The molecular weight excluding hydrogens is 359 g/mol. The van der Waals surface area contributed by atoms with Gasteiger partial charge in [0.1, 0.15) is 5.82 Å². The topological polar surface area (TPSA) is 17.8 Å². The number of imidazole rings is 1. The first kappa shape index (κ1) is 12.7. The Labute approximate surface area is 126 Å². The zero-order valence-corrected chi connectivity index (χ0v) is 13.3. The van der Waals surface area contributed by atoms with Crippen LogP contribution in [0.25, 0.3) is 11.0 Å². The van der Waals surface area contributed by atoms with Crippen LogP contribution in [0.4, 0.5) is 0 Å². The summed E-state index contributed by atoms with van der Waals surface area (Å²) in [5, 5.41) is 0. The lowest BCUT2D eigenvalue weighted by Crippen LogP contribution is -2.11. The molecule has 1 aromatic carbocycles. The van der Waals surface area contributed by atoms with Crippen molar-refractivity contribution in [1.82, 2.24) is 9.55 Å². The van der Waals surface area contributed by atoms with E-state index in [9.17, 15) is 0 Å². The molecule has 0 atom stereocenters. The minimum Gasteiger partial charge on any atom is -0.327 e. The normalized spacial score (nSPS) is 17.3. The van der Waals surface area contributed by atoms with Crippen LogP contribution in [0.15, 0.2) is 18.2 Å². The number of halogens is 2. The van der Waals surface area contributed by atoms with Crippen LogP contribution in [0.2, 0.25) is 0 Å². The second kappa shape index (κ2) is 4.67. The molecular formula is C14H16ClIN2. The van der Waals surface area contributed by atoms with Crippen LogP contribution >= 0.6 is 34.2 Å². The fraction of sp³-hybridized carbons (Fsp3) is 0.500. The molecule has 2 nitrogen and oxygen atoms in total. The van der Waals surface area contributed by atoms with E-state index in [-0.39, 0.29) is 0 Å². The Bertz CT molecular complexity index is 587. The summed E-state index contributed by atoms with van der Waals surface area (Å²) in [6.07, 6.45) is 3.51. The van der Waals surface area contributed by atoms with Gasteiger partial charge in [-0.05, 0) is 59.0 Å². The zero-order valence-electron chi connectivity index (χ0n) is 10.4. The number of aromatic nitrogens is 2. The minimum absolute atomic E-state index is 0.484. The Morgan fingerprint density at radius 1 is 1.44 bits per heavy atom. The standard InChI is InChI=1S/C14H16ClIN2/c1-14(5-6-14)9-18-12-3-2-10(16)8-11(12)17-13(18)4-7-15/h2-3,8H,4-7,9H2,1H3. The number of aryl methyl sites for hydroxylation is 1. The van der Waals surface area contributed by atoms with E-state index in [1.54, 1.807) is 0 Å². The highest BCUT2D eigenvalue weighted by Gasteiger charge is 2.38. The van der Waals surface area contributed by atoms with Crippen LogP contribution in [0.1, 0.15) is 25.6 Å². The maximum atomic E-state index is 5.90. The smallest absolute Gasteiger partial charge is 0.111 e. The van der Waals surface area contributed by atoms with Gasteiger partial charge >= 0.3 is 0 Å². The first-order valence-corrected chi connectivity index (χ1v) is 7.93. The Balaban J connectivity index is 2.09. The van der Waals surface area contributed by atoms with Crippen molar-refractivity contribution in [1.29, 1.82) is 0 Å². The third-order valence-corrected chi connectivity index (χ3v) is 4.61. The fourth-order valence-electron chi connectivity index (χ4n) is 2.36. The lowest BCUT2D eigenvalue weighted by Gasteiger charge is -2.13. The van der Waals surface area contributed by atoms with Crippen LogP contribution in [0.3, 0.4) is 0 Å². The van der Waals surface area contributed by atoms with Crippen molar-refractivity contribution in [2.75, 3.05) is 5.88 Å². The van der Waals surface area contributed by atoms with Gasteiger partial charge < -0.3 is 4.57 Å². The van der Waals surface area contributed by atoms with E-state index >= 15 is 0 Å². The van der Waals surface area contributed by atoms with Crippen molar-refractivity contribution in [3.63, 3.8) is 0 Å². The van der Waals surface area contributed by atoms with Gasteiger partial charge in [0, 0.05) is 22.4 Å². The van der Waals surface area contributed by atoms with E-state index in [1.165, 1.54) is 21.9 Å². The molecule has 0 bridgehead atoms. The molecule has 0 N–H and O–H groups in total. The van der Waals surface area contributed by atoms with Crippen molar-refractivity contribution < 1.29 is 0 Å². The summed E-state index contributed by atoms with van der Waals surface area (Å²) in [5.74, 6) is 1.77. The van der Waals surface area contributed by atoms with E-state index in [2.05, 4.69) is 52.3 Å². The number of alkyl halides is 1. The first-order valence-electron chi connectivity index (χ1n) is 6.32. The molecule has 3 rings (SSSR count). The molecule has 1 aliphatic rings. The second-order valence-corrected chi connectivity index (χ2v) is 7.12. The summed E-state index contributed by atoms with van der Waals surface area (Å²) >= 11 is 8.23. The van der Waals surface area contributed by atoms with Crippen LogP contribution in [0, 0.1) is 8.99 Å². The highest BCUT2D eigenvalue weighted by atomic mass is 127. The van der Waals surface area contributed by atoms with Gasteiger partial charge in [0.05, 0.1) is 11.0 Å². The highest BCUT2D eigenvalue weighted by Crippen LogP contribution is 2.47. The van der Waals surface area contributed by atoms with Crippen molar-refractivity contribution in [2.45, 2.75) is 32.7 Å². The van der Waals surface area contributed by atoms with Crippen molar-refractivity contribution in [2.24, 2.45) is 5.41 Å². The second-order valence-electron chi connectivity index (χ2n) is 5.50. The predicted molar refractivity (Wildman–Crippen MR) is 84.2 cm³/mol. The molecule has 0 radical (unpaired) electrons. The molecule has 0 aliphatic heterocycles. The SMILES string of the molecule is CC1(Cn2c(CCCl)nc3cc(I)ccc32)CC1. The van der Waals surface area contributed by atoms with Gasteiger partial charge in [0.25, 0.3) is 0 Å². The summed E-state index contributed by atoms with van der Waals surface area (Å²) in [6.45, 7) is 3.44. The summed E-state index contributed by atoms with van der Waals surface area (Å²) in [4.78, 5) is 4.75. The molecule has 0 saturated heterocycles. The molecule has 18 heavy (non-hydrogen) atoms. The maximum absolute atomic E-state index is 5.90. The first-order chi connectivity index (χ1) is 8.61. The van der Waals surface area contributed by atoms with Crippen molar-refractivity contribution in [3.8, 4) is 0 Å². The van der Waals surface area contributed by atoms with Gasteiger partial charge in [0.15, 0.2) is 0 Å². The van der Waals surface area contributed by atoms with Gasteiger partial charge in [-0.15, -0.1) is 11.6 Å². The van der Waals surface area contributed by atoms with E-state index in [4.69, 9.17) is 16.6 Å². The molecule has 4 heteroatoms. The van der Waals surface area contributed by atoms with Gasteiger partial charge in [0.2, 0.25) is 0 Å². The maximum Gasteiger partial charge on any atom is 0.111 e. The molecule has 1 heterocycles. The molecule has 0 amide bonds. The molecule has 96 valence electrons. The quantitative estimate of drug-likeness (QED) is 0.579. The molecule has 1 aromatic heterocycles. The van der Waals surface area contributed by atoms with E-state index in [0.717, 1.165) is 24.3 Å². The van der Waals surface area contributed by atoms with Crippen LogP contribution in [0.5, 0.6) is 0 Å². The molecule has 2 aromatic rings. The summed E-state index contributed by atoms with van der Waals surface area (Å²) in [5.41, 5.74) is 2.84. The lowest BCUT2D eigenvalue weighted by molar-refractivity contribution is 0.462. The summed E-state index contributed by atoms with van der Waals surface area (Å²) in [7, 11) is 0.